The van der Waals surface area contributed by atoms with E-state index in [0.717, 1.165) is 0 Å². The van der Waals surface area contributed by atoms with E-state index in [1.165, 1.54) is 36.4 Å². The summed E-state index contributed by atoms with van der Waals surface area (Å²) in [6, 6.07) is 14.6. The molecule has 3 aromatic rings. The lowest BCUT2D eigenvalue weighted by Crippen LogP contribution is -2.29. The van der Waals surface area contributed by atoms with Gasteiger partial charge in [0, 0.05) is 17.8 Å². The van der Waals surface area contributed by atoms with Crippen LogP contribution in [0.5, 0.6) is 0 Å². The molecule has 1 heterocycles. The second-order valence-corrected chi connectivity index (χ2v) is 5.40. The van der Waals surface area contributed by atoms with E-state index in [1.807, 2.05) is 0 Å². The van der Waals surface area contributed by atoms with Crippen LogP contribution in [0, 0.1) is 11.6 Å². The van der Waals surface area contributed by atoms with Crippen LogP contribution in [-0.4, -0.2) is 10.9 Å². The molecule has 0 radical (unpaired) electrons. The van der Waals surface area contributed by atoms with Gasteiger partial charge in [-0.1, -0.05) is 18.2 Å². The Bertz CT molecular complexity index is 966. The molecule has 0 fully saturated rings. The number of hydrogen-bond donors (Lipinski definition) is 2. The fourth-order valence-electron chi connectivity index (χ4n) is 2.36. The van der Waals surface area contributed by atoms with Crippen LogP contribution >= 0.6 is 0 Å². The molecule has 0 aliphatic carbocycles. The van der Waals surface area contributed by atoms with E-state index in [-0.39, 0.29) is 17.9 Å². The maximum atomic E-state index is 13.5. The monoisotopic (exact) mass is 340 g/mol. The summed E-state index contributed by atoms with van der Waals surface area (Å²) in [6.45, 7) is -0.0232. The van der Waals surface area contributed by atoms with Crippen molar-refractivity contribution >= 4 is 5.91 Å². The van der Waals surface area contributed by atoms with Crippen LogP contribution in [0.3, 0.4) is 0 Å². The molecule has 0 atom stereocenters. The first-order chi connectivity index (χ1) is 12.0. The lowest BCUT2D eigenvalue weighted by Gasteiger charge is -2.07. The van der Waals surface area contributed by atoms with E-state index in [1.54, 1.807) is 24.3 Å². The Morgan fingerprint density at radius 3 is 2.36 bits per heavy atom. The zero-order valence-corrected chi connectivity index (χ0v) is 13.1. The third kappa shape index (κ3) is 3.80. The second-order valence-electron chi connectivity index (χ2n) is 5.40. The molecule has 0 aliphatic heterocycles. The summed E-state index contributed by atoms with van der Waals surface area (Å²) >= 11 is 0. The molecule has 0 bridgehead atoms. The standard InChI is InChI=1S/C19H14F2N2O2/c20-14-7-5-12(6-8-14)17-10-9-15(19(25)23-17)18(24)22-11-13-3-1-2-4-16(13)21/h1-10H,11H2,(H,22,24)(H,23,25). The Morgan fingerprint density at radius 1 is 0.960 bits per heavy atom. The number of hydrogen-bond acceptors (Lipinski definition) is 2. The van der Waals surface area contributed by atoms with E-state index < -0.39 is 17.3 Å². The van der Waals surface area contributed by atoms with E-state index in [2.05, 4.69) is 10.3 Å². The number of aromatic nitrogens is 1. The predicted molar refractivity (Wildman–Crippen MR) is 90.0 cm³/mol. The molecule has 4 nitrogen and oxygen atoms in total. The van der Waals surface area contributed by atoms with Crippen molar-refractivity contribution in [2.45, 2.75) is 6.54 Å². The Kier molecular flexibility index (Phi) is 4.70. The number of rotatable bonds is 4. The van der Waals surface area contributed by atoms with Crippen molar-refractivity contribution in [3.63, 3.8) is 0 Å². The minimum absolute atomic E-state index is 0.0232. The Morgan fingerprint density at radius 2 is 1.68 bits per heavy atom. The first kappa shape index (κ1) is 16.6. The summed E-state index contributed by atoms with van der Waals surface area (Å²) < 4.78 is 26.5. The smallest absolute Gasteiger partial charge is 0.261 e. The highest BCUT2D eigenvalue weighted by Crippen LogP contribution is 2.16. The quantitative estimate of drug-likeness (QED) is 0.766. The molecule has 0 aliphatic rings. The van der Waals surface area contributed by atoms with Gasteiger partial charge in [-0.25, -0.2) is 8.78 Å². The van der Waals surface area contributed by atoms with Gasteiger partial charge in [0.25, 0.3) is 11.5 Å². The van der Waals surface area contributed by atoms with Crippen molar-refractivity contribution in [2.24, 2.45) is 0 Å². The van der Waals surface area contributed by atoms with E-state index in [0.29, 0.717) is 16.8 Å². The van der Waals surface area contributed by atoms with E-state index in [9.17, 15) is 18.4 Å². The maximum absolute atomic E-state index is 13.5. The van der Waals surface area contributed by atoms with Gasteiger partial charge in [-0.3, -0.25) is 9.59 Å². The number of aromatic amines is 1. The molecule has 126 valence electrons. The number of carbonyl (C=O) groups excluding carboxylic acids is 1. The van der Waals surface area contributed by atoms with Crippen LogP contribution in [0.4, 0.5) is 8.78 Å². The van der Waals surface area contributed by atoms with Gasteiger partial charge in [0.05, 0.1) is 0 Å². The van der Waals surface area contributed by atoms with Crippen molar-refractivity contribution in [1.82, 2.24) is 10.3 Å². The second kappa shape index (κ2) is 7.09. The predicted octanol–water partition coefficient (Wildman–Crippen LogP) is 3.25. The summed E-state index contributed by atoms with van der Waals surface area (Å²) in [4.78, 5) is 26.9. The summed E-state index contributed by atoms with van der Waals surface area (Å²) in [6.07, 6.45) is 0. The highest BCUT2D eigenvalue weighted by Gasteiger charge is 2.12. The minimum Gasteiger partial charge on any atom is -0.348 e. The molecule has 1 aromatic heterocycles. The first-order valence-corrected chi connectivity index (χ1v) is 7.55. The van der Waals surface area contributed by atoms with Crippen molar-refractivity contribution in [2.75, 3.05) is 0 Å². The number of carbonyl (C=O) groups is 1. The highest BCUT2D eigenvalue weighted by atomic mass is 19.1. The molecular weight excluding hydrogens is 326 g/mol. The van der Waals surface area contributed by atoms with Gasteiger partial charge in [0.2, 0.25) is 0 Å². The third-order valence-electron chi connectivity index (χ3n) is 3.71. The molecule has 2 N–H and O–H groups in total. The first-order valence-electron chi connectivity index (χ1n) is 7.55. The fourth-order valence-corrected chi connectivity index (χ4v) is 2.36. The zero-order chi connectivity index (χ0) is 17.8. The number of halogens is 2. The van der Waals surface area contributed by atoms with Crippen molar-refractivity contribution in [1.29, 1.82) is 0 Å². The Labute approximate surface area is 142 Å². The van der Waals surface area contributed by atoms with Gasteiger partial charge in [-0.2, -0.15) is 0 Å². The Hall–Kier alpha value is -3.28. The number of benzene rings is 2. The van der Waals surface area contributed by atoms with Crippen LogP contribution in [0.15, 0.2) is 65.5 Å². The minimum atomic E-state index is -0.602. The average Bonchev–Trinajstić information content (AvgIpc) is 2.61. The summed E-state index contributed by atoms with van der Waals surface area (Å²) in [5, 5.41) is 2.52. The van der Waals surface area contributed by atoms with Gasteiger partial charge in [0.1, 0.15) is 17.2 Å². The average molecular weight is 340 g/mol. The normalized spacial score (nSPS) is 10.5. The summed E-state index contributed by atoms with van der Waals surface area (Å²) in [5.74, 6) is -1.41. The molecule has 25 heavy (non-hydrogen) atoms. The van der Waals surface area contributed by atoms with Crippen LogP contribution in [-0.2, 0) is 6.54 Å². The molecule has 0 saturated carbocycles. The van der Waals surface area contributed by atoms with Crippen molar-refractivity contribution in [3.05, 3.63) is 93.8 Å². The van der Waals surface area contributed by atoms with Gasteiger partial charge >= 0.3 is 0 Å². The Balaban J connectivity index is 1.76. The van der Waals surface area contributed by atoms with E-state index in [4.69, 9.17) is 0 Å². The molecule has 0 unspecified atom stereocenters. The number of H-pyrrole nitrogens is 1. The van der Waals surface area contributed by atoms with Gasteiger partial charge < -0.3 is 10.3 Å². The number of amides is 1. The molecular formula is C19H14F2N2O2. The molecule has 6 heteroatoms. The number of nitrogens with one attached hydrogen (secondary N) is 2. The zero-order valence-electron chi connectivity index (χ0n) is 13.1. The van der Waals surface area contributed by atoms with Crippen molar-refractivity contribution in [3.8, 4) is 11.3 Å². The summed E-state index contributed by atoms with van der Waals surface area (Å²) in [7, 11) is 0. The molecule has 0 saturated heterocycles. The van der Waals surface area contributed by atoms with Gasteiger partial charge in [-0.05, 0) is 48.0 Å². The van der Waals surface area contributed by atoms with Crippen LogP contribution < -0.4 is 10.9 Å². The topological polar surface area (TPSA) is 62.0 Å². The third-order valence-corrected chi connectivity index (χ3v) is 3.71. The molecule has 1 amide bonds. The molecule has 3 rings (SSSR count). The fraction of sp³-hybridized carbons (Fsp3) is 0.0526. The lowest BCUT2D eigenvalue weighted by atomic mass is 10.1. The maximum Gasteiger partial charge on any atom is 0.261 e. The highest BCUT2D eigenvalue weighted by molar-refractivity contribution is 5.94. The molecule has 0 spiro atoms. The van der Waals surface area contributed by atoms with Gasteiger partial charge in [0.15, 0.2) is 0 Å². The van der Waals surface area contributed by atoms with Crippen LogP contribution in [0.25, 0.3) is 11.3 Å². The van der Waals surface area contributed by atoms with Crippen LogP contribution in [0.1, 0.15) is 15.9 Å². The van der Waals surface area contributed by atoms with Gasteiger partial charge in [-0.15, -0.1) is 0 Å². The SMILES string of the molecule is O=C(NCc1ccccc1F)c1ccc(-c2ccc(F)cc2)[nH]c1=O. The molecule has 2 aromatic carbocycles. The van der Waals surface area contributed by atoms with E-state index >= 15 is 0 Å². The summed E-state index contributed by atoms with van der Waals surface area (Å²) in [5.41, 5.74) is 0.762. The van der Waals surface area contributed by atoms with Crippen LogP contribution in [0.2, 0.25) is 0 Å². The number of pyridine rings is 1. The van der Waals surface area contributed by atoms with Crippen molar-refractivity contribution < 1.29 is 13.6 Å². The lowest BCUT2D eigenvalue weighted by molar-refractivity contribution is 0.0949. The largest absolute Gasteiger partial charge is 0.348 e.